The Morgan fingerprint density at radius 1 is 0.700 bits per heavy atom. The lowest BCUT2D eigenvalue weighted by Crippen LogP contribution is -1.87. The first-order chi connectivity index (χ1) is 9.12. The summed E-state index contributed by atoms with van der Waals surface area (Å²) in [4.78, 5) is 0. The molecular formula is C14H30B2O2P2. The van der Waals surface area contributed by atoms with Gasteiger partial charge in [-0.2, -0.15) is 0 Å². The van der Waals surface area contributed by atoms with Crippen molar-refractivity contribution in [3.63, 3.8) is 0 Å². The fourth-order valence-corrected chi connectivity index (χ4v) is 2.41. The number of rotatable bonds is 8. The summed E-state index contributed by atoms with van der Waals surface area (Å²) in [5, 5.41) is 0. The molecule has 0 spiro atoms. The van der Waals surface area contributed by atoms with Crippen molar-refractivity contribution in [3.05, 3.63) is 24.3 Å². The zero-order valence-corrected chi connectivity index (χ0v) is 15.8. The zero-order valence-electron chi connectivity index (χ0n) is 14.0. The third kappa shape index (κ3) is 26.6. The lowest BCUT2D eigenvalue weighted by molar-refractivity contribution is 0.589. The van der Waals surface area contributed by atoms with Crippen LogP contribution in [-0.2, 0) is 9.13 Å². The highest BCUT2D eigenvalue weighted by atomic mass is 31.2. The number of hydrogen-bond donors (Lipinski definition) is 0. The SMILES string of the molecule is CC/C=C/C[B]P(C)(C)=O.CC/C=C/C[B]P(C)(C)=O. The maximum Gasteiger partial charge on any atom is 0.201 e. The van der Waals surface area contributed by atoms with Gasteiger partial charge >= 0.3 is 0 Å². The van der Waals surface area contributed by atoms with Crippen LogP contribution in [0.1, 0.15) is 26.7 Å². The topological polar surface area (TPSA) is 34.1 Å². The van der Waals surface area contributed by atoms with Gasteiger partial charge in [-0.15, -0.1) is 0 Å². The molecule has 0 aliphatic carbocycles. The molecule has 0 saturated carbocycles. The summed E-state index contributed by atoms with van der Waals surface area (Å²) in [5.74, 6) is 0. The second kappa shape index (κ2) is 12.8. The Balaban J connectivity index is 0. The van der Waals surface area contributed by atoms with E-state index in [1.54, 1.807) is 26.7 Å². The first-order valence-electron chi connectivity index (χ1n) is 7.20. The molecule has 0 N–H and O–H groups in total. The Morgan fingerprint density at radius 2 is 1.00 bits per heavy atom. The van der Waals surface area contributed by atoms with Crippen molar-refractivity contribution in [1.82, 2.24) is 0 Å². The summed E-state index contributed by atoms with van der Waals surface area (Å²) in [7, 11) is -3.76. The molecule has 0 aromatic rings. The molecule has 0 unspecified atom stereocenters. The van der Waals surface area contributed by atoms with Crippen LogP contribution in [0.4, 0.5) is 0 Å². The van der Waals surface area contributed by atoms with Gasteiger partial charge in [-0.1, -0.05) is 50.8 Å². The molecule has 0 aliphatic rings. The molecule has 0 heterocycles. The highest BCUT2D eigenvalue weighted by molar-refractivity contribution is 7.90. The molecule has 20 heavy (non-hydrogen) atoms. The van der Waals surface area contributed by atoms with E-state index < -0.39 is 14.0 Å². The van der Waals surface area contributed by atoms with Crippen LogP contribution in [0.3, 0.4) is 0 Å². The highest BCUT2D eigenvalue weighted by Crippen LogP contribution is 2.34. The van der Waals surface area contributed by atoms with Crippen molar-refractivity contribution in [3.8, 4) is 0 Å². The summed E-state index contributed by atoms with van der Waals surface area (Å²) in [6, 6.07) is 0. The fourth-order valence-electron chi connectivity index (χ4n) is 1.16. The average molecular weight is 314 g/mol. The fraction of sp³-hybridized carbons (Fsp3) is 0.714. The van der Waals surface area contributed by atoms with E-state index in [4.69, 9.17) is 0 Å². The van der Waals surface area contributed by atoms with Gasteiger partial charge in [-0.25, -0.2) is 0 Å². The Labute approximate surface area is 128 Å². The smallest absolute Gasteiger partial charge is 0.201 e. The quantitative estimate of drug-likeness (QED) is 0.349. The van der Waals surface area contributed by atoms with Gasteiger partial charge in [-0.05, 0) is 39.5 Å². The van der Waals surface area contributed by atoms with Gasteiger partial charge in [0.05, 0.1) is 0 Å². The lowest BCUT2D eigenvalue weighted by Gasteiger charge is -1.99. The van der Waals surface area contributed by atoms with E-state index in [-0.39, 0.29) is 0 Å². The molecule has 2 nitrogen and oxygen atoms in total. The second-order valence-electron chi connectivity index (χ2n) is 5.46. The van der Waals surface area contributed by atoms with Gasteiger partial charge in [0.15, 0.2) is 0 Å². The van der Waals surface area contributed by atoms with Crippen LogP contribution in [0, 0.1) is 0 Å². The molecule has 2 radical (unpaired) electrons. The molecule has 0 fully saturated rings. The minimum absolute atomic E-state index is 0.845. The van der Waals surface area contributed by atoms with Crippen molar-refractivity contribution in [2.24, 2.45) is 0 Å². The first kappa shape index (κ1) is 22.4. The number of hydrogen-bond acceptors (Lipinski definition) is 2. The van der Waals surface area contributed by atoms with Crippen LogP contribution < -0.4 is 0 Å². The molecule has 0 atom stereocenters. The summed E-state index contributed by atoms with van der Waals surface area (Å²) >= 11 is 0. The molecule has 0 aromatic carbocycles. The minimum atomic E-state index is -1.88. The molecule has 0 saturated heterocycles. The molecule has 0 aliphatic heterocycles. The van der Waals surface area contributed by atoms with Gasteiger partial charge in [0, 0.05) is 14.0 Å². The first-order valence-corrected chi connectivity index (χ1v) is 12.5. The molecule has 0 aromatic heterocycles. The van der Waals surface area contributed by atoms with Crippen molar-refractivity contribution in [2.45, 2.75) is 39.3 Å². The largest absolute Gasteiger partial charge is 0.335 e. The molecular weight excluding hydrogens is 284 g/mol. The van der Waals surface area contributed by atoms with Crippen molar-refractivity contribution < 1.29 is 9.13 Å². The normalized spacial score (nSPS) is 12.3. The zero-order chi connectivity index (χ0) is 16.1. The molecule has 0 amide bonds. The summed E-state index contributed by atoms with van der Waals surface area (Å²) in [5.41, 5.74) is 0. The monoisotopic (exact) mass is 314 g/mol. The van der Waals surface area contributed by atoms with Gasteiger partial charge < -0.3 is 9.13 Å². The standard InChI is InChI=1S/2C7H15BOP/c2*1-4-5-6-7-8-10(2,3)9/h2*5-6H,4,7H2,1-3H3/b2*6-5+. The Kier molecular flexibility index (Phi) is 14.3. The maximum atomic E-state index is 11.1. The van der Waals surface area contributed by atoms with Crippen LogP contribution in [0.2, 0.25) is 12.6 Å². The van der Waals surface area contributed by atoms with Crippen LogP contribution in [0.25, 0.3) is 0 Å². The van der Waals surface area contributed by atoms with Crippen molar-refractivity contribution in [2.75, 3.05) is 26.7 Å². The van der Waals surface area contributed by atoms with Gasteiger partial charge in [-0.3, -0.25) is 0 Å². The maximum absolute atomic E-state index is 11.1. The molecule has 0 rings (SSSR count). The average Bonchev–Trinajstić information content (AvgIpc) is 2.29. The highest BCUT2D eigenvalue weighted by Gasteiger charge is 2.06. The van der Waals surface area contributed by atoms with Gasteiger partial charge in [0.25, 0.3) is 0 Å². The predicted octanol–water partition coefficient (Wildman–Crippen LogP) is 5.23. The van der Waals surface area contributed by atoms with Crippen LogP contribution in [0.5, 0.6) is 0 Å². The summed E-state index contributed by atoms with van der Waals surface area (Å²) < 4.78 is 22.2. The summed E-state index contributed by atoms with van der Waals surface area (Å²) in [6.45, 7) is 15.1. The van der Waals surface area contributed by atoms with E-state index in [9.17, 15) is 9.13 Å². The second-order valence-corrected chi connectivity index (χ2v) is 11.9. The third-order valence-corrected chi connectivity index (χ3v) is 4.35. The van der Waals surface area contributed by atoms with E-state index in [2.05, 4.69) is 38.2 Å². The molecule has 6 heteroatoms. The van der Waals surface area contributed by atoms with E-state index in [0.29, 0.717) is 0 Å². The lowest BCUT2D eigenvalue weighted by atomic mass is 10.0. The van der Waals surface area contributed by atoms with Crippen LogP contribution in [-0.4, -0.2) is 40.7 Å². The Hall–Kier alpha value is 0.0699. The van der Waals surface area contributed by atoms with E-state index in [0.717, 1.165) is 25.5 Å². The van der Waals surface area contributed by atoms with E-state index in [1.807, 2.05) is 14.0 Å². The minimum Gasteiger partial charge on any atom is -0.335 e. The van der Waals surface area contributed by atoms with Gasteiger partial charge in [0.2, 0.25) is 14.0 Å². The Bertz CT molecular complexity index is 331. The van der Waals surface area contributed by atoms with Crippen LogP contribution in [0.15, 0.2) is 24.3 Å². The van der Waals surface area contributed by atoms with E-state index in [1.165, 1.54) is 0 Å². The van der Waals surface area contributed by atoms with Gasteiger partial charge in [0.1, 0.15) is 0 Å². The number of allylic oxidation sites excluding steroid dienone is 4. The predicted molar refractivity (Wildman–Crippen MR) is 98.9 cm³/mol. The molecule has 114 valence electrons. The molecule has 0 bridgehead atoms. The Morgan fingerprint density at radius 3 is 1.20 bits per heavy atom. The summed E-state index contributed by atoms with van der Waals surface area (Å²) in [6.07, 6.45) is 12.1. The van der Waals surface area contributed by atoms with Crippen molar-refractivity contribution in [1.29, 1.82) is 0 Å². The third-order valence-electron chi connectivity index (χ3n) is 2.17. The van der Waals surface area contributed by atoms with Crippen LogP contribution >= 0.6 is 14.0 Å². The van der Waals surface area contributed by atoms with Crippen molar-refractivity contribution >= 4 is 28.0 Å². The van der Waals surface area contributed by atoms with E-state index >= 15 is 0 Å².